The Morgan fingerprint density at radius 1 is 1.30 bits per heavy atom. The van der Waals surface area contributed by atoms with E-state index in [1.807, 2.05) is 19.1 Å². The Labute approximate surface area is 191 Å². The predicted octanol–water partition coefficient (Wildman–Crippen LogP) is 8.00. The summed E-state index contributed by atoms with van der Waals surface area (Å²) in [6.07, 6.45) is 13.6. The van der Waals surface area contributed by atoms with Crippen LogP contribution in [0.15, 0.2) is 36.4 Å². The number of unbranched alkanes of at least 4 members (excludes halogenated alkanes) is 3. The summed E-state index contributed by atoms with van der Waals surface area (Å²) < 4.78 is 5.76. The van der Waals surface area contributed by atoms with Crippen LogP contribution in [0, 0.1) is 0 Å². The molecule has 2 rings (SSSR count). The van der Waals surface area contributed by atoms with E-state index in [-0.39, 0.29) is 17.6 Å². The molecule has 0 saturated carbocycles. The Bertz CT molecular complexity index is 694. The van der Waals surface area contributed by atoms with E-state index in [1.165, 1.54) is 5.57 Å². The van der Waals surface area contributed by atoms with Gasteiger partial charge >= 0.3 is 5.97 Å². The van der Waals surface area contributed by atoms with Crippen LogP contribution in [0.4, 0.5) is 0 Å². The Hall–Kier alpha value is -1.55. The van der Waals surface area contributed by atoms with Gasteiger partial charge in [0, 0.05) is 23.2 Å². The zero-order chi connectivity index (χ0) is 22.4. The summed E-state index contributed by atoms with van der Waals surface area (Å²) in [4.78, 5) is 12.3. The second-order valence-corrected chi connectivity index (χ2v) is 8.82. The van der Waals surface area contributed by atoms with Crippen molar-refractivity contribution >= 4 is 21.9 Å². The molecule has 0 aliphatic heterocycles. The number of aryl methyl sites for hydroxylation is 1. The highest BCUT2D eigenvalue weighted by Crippen LogP contribution is 2.42. The van der Waals surface area contributed by atoms with Crippen molar-refractivity contribution in [1.82, 2.24) is 0 Å². The molecular formula is C26H39BrO3. The number of ether oxygens (including phenoxy) is 1. The summed E-state index contributed by atoms with van der Waals surface area (Å²) in [5, 5.41) is 11.7. The number of phenolic OH excluding ortho intramolecular Hbond substituents is 1. The quantitative estimate of drug-likeness (QED) is 0.122. The molecule has 0 heterocycles. The molecule has 0 amide bonds. The van der Waals surface area contributed by atoms with Gasteiger partial charge in [-0.15, -0.1) is 6.58 Å². The molecule has 4 heteroatoms. The van der Waals surface area contributed by atoms with Crippen molar-refractivity contribution in [3.8, 4) is 11.5 Å². The first-order chi connectivity index (χ1) is 14.5. The third kappa shape index (κ3) is 9.51. The van der Waals surface area contributed by atoms with Gasteiger partial charge in [-0.1, -0.05) is 53.4 Å². The average molecular weight is 479 g/mol. The van der Waals surface area contributed by atoms with Crippen molar-refractivity contribution < 1.29 is 14.6 Å². The highest BCUT2D eigenvalue weighted by Gasteiger charge is 2.23. The fourth-order valence-corrected chi connectivity index (χ4v) is 4.12. The van der Waals surface area contributed by atoms with E-state index in [0.717, 1.165) is 74.2 Å². The number of allylic oxidation sites excluding steroid dienone is 3. The summed E-state index contributed by atoms with van der Waals surface area (Å²) in [6.45, 7) is 9.56. The van der Waals surface area contributed by atoms with E-state index in [2.05, 4.69) is 42.4 Å². The molecule has 0 fully saturated rings. The van der Waals surface area contributed by atoms with Gasteiger partial charge in [0.1, 0.15) is 11.5 Å². The zero-order valence-corrected chi connectivity index (χ0v) is 20.6. The van der Waals surface area contributed by atoms with Crippen molar-refractivity contribution in [3.05, 3.63) is 47.6 Å². The van der Waals surface area contributed by atoms with E-state index >= 15 is 0 Å². The lowest BCUT2D eigenvalue weighted by atomic mass is 9.84. The lowest BCUT2D eigenvalue weighted by molar-refractivity contribution is -0.134. The minimum atomic E-state index is -0.209. The van der Waals surface area contributed by atoms with E-state index in [0.29, 0.717) is 12.2 Å². The number of esters is 1. The summed E-state index contributed by atoms with van der Waals surface area (Å²) >= 11 is 3.39. The van der Waals surface area contributed by atoms with E-state index in [1.54, 1.807) is 6.08 Å². The van der Waals surface area contributed by atoms with Crippen LogP contribution in [0.1, 0.15) is 95.6 Å². The molecule has 0 bridgehead atoms. The molecule has 1 N–H and O–H groups in total. The van der Waals surface area contributed by atoms with Crippen LogP contribution in [0.2, 0.25) is 0 Å². The van der Waals surface area contributed by atoms with Crippen LogP contribution in [-0.4, -0.2) is 16.4 Å². The fourth-order valence-electron chi connectivity index (χ4n) is 3.72. The maximum absolute atomic E-state index is 12.3. The topological polar surface area (TPSA) is 46.5 Å². The van der Waals surface area contributed by atoms with Crippen LogP contribution in [0.5, 0.6) is 11.5 Å². The van der Waals surface area contributed by atoms with Crippen molar-refractivity contribution in [1.29, 1.82) is 0 Å². The molecule has 3 nitrogen and oxygen atoms in total. The molecule has 0 saturated heterocycles. The van der Waals surface area contributed by atoms with E-state index < -0.39 is 0 Å². The molecular weight excluding hydrogens is 440 g/mol. The average Bonchev–Trinajstić information content (AvgIpc) is 2.69. The minimum Gasteiger partial charge on any atom is -0.507 e. The first-order valence-corrected chi connectivity index (χ1v) is 12.5. The summed E-state index contributed by atoms with van der Waals surface area (Å²) in [6, 6.07) is 3.84. The highest BCUT2D eigenvalue weighted by molar-refractivity contribution is 9.09. The van der Waals surface area contributed by atoms with Gasteiger partial charge in [0.05, 0.1) is 0 Å². The molecule has 1 aromatic rings. The van der Waals surface area contributed by atoms with Crippen molar-refractivity contribution in [2.75, 3.05) is 5.33 Å². The second kappa shape index (κ2) is 15.3. The summed E-state index contributed by atoms with van der Waals surface area (Å²) in [5.74, 6) is 0.733. The third-order valence-electron chi connectivity index (χ3n) is 5.18. The normalized spacial score (nSPS) is 15.6. The smallest absolute Gasteiger partial charge is 0.311 e. The lowest BCUT2D eigenvalue weighted by Crippen LogP contribution is -2.12. The molecule has 1 aliphatic carbocycles. The molecule has 1 atom stereocenters. The number of hydrogen-bond acceptors (Lipinski definition) is 3. The summed E-state index contributed by atoms with van der Waals surface area (Å²) in [7, 11) is 0. The molecule has 1 unspecified atom stereocenters. The third-order valence-corrected chi connectivity index (χ3v) is 5.74. The van der Waals surface area contributed by atoms with Gasteiger partial charge < -0.3 is 9.84 Å². The first kappa shape index (κ1) is 26.5. The molecule has 0 aromatic heterocycles. The maximum atomic E-state index is 12.3. The maximum Gasteiger partial charge on any atom is 0.311 e. The van der Waals surface area contributed by atoms with Crippen molar-refractivity contribution in [2.45, 2.75) is 90.9 Å². The monoisotopic (exact) mass is 478 g/mol. The number of benzene rings is 1. The van der Waals surface area contributed by atoms with E-state index in [4.69, 9.17) is 4.74 Å². The minimum absolute atomic E-state index is 0.119. The Morgan fingerprint density at radius 2 is 2.03 bits per heavy atom. The molecule has 0 radical (unpaired) electrons. The Balaban J connectivity index is 0.00000141. The number of carbonyl (C=O) groups is 1. The Morgan fingerprint density at radius 3 is 2.67 bits per heavy atom. The van der Waals surface area contributed by atoms with Gasteiger partial charge in [-0.25, -0.2) is 0 Å². The Kier molecular flexibility index (Phi) is 13.5. The number of alkyl halides is 1. The molecule has 30 heavy (non-hydrogen) atoms. The van der Waals surface area contributed by atoms with Gasteiger partial charge in [0.25, 0.3) is 0 Å². The molecule has 1 aromatic carbocycles. The fraction of sp³-hybridized carbons (Fsp3) is 0.577. The second-order valence-electron chi connectivity index (χ2n) is 8.02. The van der Waals surface area contributed by atoms with Gasteiger partial charge in [0.15, 0.2) is 0 Å². The number of rotatable bonds is 10. The lowest BCUT2D eigenvalue weighted by Gasteiger charge is -2.23. The molecule has 1 aliphatic rings. The van der Waals surface area contributed by atoms with E-state index in [9.17, 15) is 9.90 Å². The number of phenols is 1. The molecule has 168 valence electrons. The number of aromatic hydroxyl groups is 1. The van der Waals surface area contributed by atoms with Crippen LogP contribution in [-0.2, 0) is 11.2 Å². The summed E-state index contributed by atoms with van der Waals surface area (Å²) in [5.41, 5.74) is 3.17. The van der Waals surface area contributed by atoms with Crippen LogP contribution in [0.3, 0.4) is 0 Å². The van der Waals surface area contributed by atoms with Crippen LogP contribution < -0.4 is 4.74 Å². The number of carbonyl (C=O) groups excluding carboxylic acids is 1. The number of hydrogen-bond donors (Lipinski definition) is 1. The van der Waals surface area contributed by atoms with Gasteiger partial charge in [-0.2, -0.15) is 0 Å². The largest absolute Gasteiger partial charge is 0.507 e. The first-order valence-electron chi connectivity index (χ1n) is 11.3. The van der Waals surface area contributed by atoms with Gasteiger partial charge in [-0.3, -0.25) is 4.79 Å². The van der Waals surface area contributed by atoms with Crippen molar-refractivity contribution in [2.24, 2.45) is 0 Å². The zero-order valence-electron chi connectivity index (χ0n) is 19.0. The van der Waals surface area contributed by atoms with Gasteiger partial charge in [0.2, 0.25) is 0 Å². The predicted molar refractivity (Wildman–Crippen MR) is 131 cm³/mol. The standard InChI is InChI=1S/C23H33BrO3.C3H6/c1-3-4-5-10-18-15-20(25)23(19-11-8-9-17(2)14-19)21(16-18)27-22(26)12-6-7-13-24;1-3-2/h14-16,19,25H,3-13H2,1-2H3;3H,1H2,2H3. The van der Waals surface area contributed by atoms with Crippen LogP contribution >= 0.6 is 15.9 Å². The highest BCUT2D eigenvalue weighted by atomic mass is 79.9. The van der Waals surface area contributed by atoms with Gasteiger partial charge in [-0.05, 0) is 76.5 Å². The SMILES string of the molecule is C=CC.CCCCCc1cc(O)c(C2C=C(C)CCC2)c(OC(=O)CCCCBr)c1. The number of halogens is 1. The molecule has 0 spiro atoms. The van der Waals surface area contributed by atoms with Crippen molar-refractivity contribution in [3.63, 3.8) is 0 Å². The van der Waals surface area contributed by atoms with Crippen LogP contribution in [0.25, 0.3) is 0 Å².